The standard InChI is InChI=1S/C13H10N2O3/c16-13(12-5-9-15(18)10-6-12)2-1-11-3-7-14(17)8-4-11/h1-10H/b2-1-. The van der Waals surface area contributed by atoms with Gasteiger partial charge in [0.1, 0.15) is 0 Å². The van der Waals surface area contributed by atoms with Crippen LogP contribution in [0.1, 0.15) is 15.9 Å². The van der Waals surface area contributed by atoms with Crippen LogP contribution in [-0.4, -0.2) is 5.78 Å². The van der Waals surface area contributed by atoms with E-state index in [0.29, 0.717) is 15.0 Å². The fourth-order valence-corrected chi connectivity index (χ4v) is 1.38. The minimum absolute atomic E-state index is 0.200. The minimum atomic E-state index is -0.200. The molecule has 2 aromatic rings. The Labute approximate surface area is 103 Å². The van der Waals surface area contributed by atoms with Crippen molar-refractivity contribution in [2.24, 2.45) is 0 Å². The number of aromatic nitrogens is 2. The van der Waals surface area contributed by atoms with Gasteiger partial charge in [-0.15, -0.1) is 0 Å². The van der Waals surface area contributed by atoms with E-state index in [1.165, 1.54) is 43.0 Å². The highest BCUT2D eigenvalue weighted by molar-refractivity contribution is 6.06. The molecular formula is C13H10N2O3. The summed E-state index contributed by atoms with van der Waals surface area (Å²) in [5.74, 6) is -0.200. The zero-order chi connectivity index (χ0) is 13.0. The average Bonchev–Trinajstić information content (AvgIpc) is 2.38. The number of nitrogens with zero attached hydrogens (tertiary/aromatic N) is 2. The van der Waals surface area contributed by atoms with E-state index in [1.54, 1.807) is 18.2 Å². The maximum Gasteiger partial charge on any atom is 0.186 e. The van der Waals surface area contributed by atoms with E-state index >= 15 is 0 Å². The Balaban J connectivity index is 2.11. The van der Waals surface area contributed by atoms with Crippen LogP contribution >= 0.6 is 0 Å². The first-order chi connectivity index (χ1) is 8.65. The van der Waals surface area contributed by atoms with Crippen molar-refractivity contribution in [3.05, 3.63) is 76.7 Å². The molecule has 5 heteroatoms. The monoisotopic (exact) mass is 242 g/mol. The summed E-state index contributed by atoms with van der Waals surface area (Å²) in [6.45, 7) is 0. The predicted octanol–water partition coefficient (Wildman–Crippen LogP) is 0.850. The number of carbonyl (C=O) groups is 1. The molecule has 5 nitrogen and oxygen atoms in total. The van der Waals surface area contributed by atoms with E-state index in [0.717, 1.165) is 5.56 Å². The smallest absolute Gasteiger partial charge is 0.186 e. The number of rotatable bonds is 3. The van der Waals surface area contributed by atoms with Crippen LogP contribution in [0.15, 0.2) is 55.1 Å². The lowest BCUT2D eigenvalue weighted by Gasteiger charge is -1.97. The molecule has 2 heterocycles. The maximum absolute atomic E-state index is 11.7. The van der Waals surface area contributed by atoms with Crippen LogP contribution in [0.25, 0.3) is 6.08 Å². The molecule has 18 heavy (non-hydrogen) atoms. The second-order valence-electron chi connectivity index (χ2n) is 3.64. The van der Waals surface area contributed by atoms with Gasteiger partial charge in [-0.05, 0) is 11.6 Å². The van der Waals surface area contributed by atoms with Crippen LogP contribution in [0, 0.1) is 10.4 Å². The molecule has 90 valence electrons. The van der Waals surface area contributed by atoms with Gasteiger partial charge in [0.2, 0.25) is 0 Å². The maximum atomic E-state index is 11.7. The summed E-state index contributed by atoms with van der Waals surface area (Å²) in [5.41, 5.74) is 1.19. The van der Waals surface area contributed by atoms with Gasteiger partial charge in [0.15, 0.2) is 30.6 Å². The second kappa shape index (κ2) is 5.09. The first kappa shape index (κ1) is 11.8. The van der Waals surface area contributed by atoms with Gasteiger partial charge in [0.05, 0.1) is 0 Å². The normalized spacial score (nSPS) is 10.7. The van der Waals surface area contributed by atoms with Gasteiger partial charge < -0.3 is 10.4 Å². The molecule has 0 unspecified atom stereocenters. The Morgan fingerprint density at radius 3 is 2.00 bits per heavy atom. The molecule has 0 aliphatic carbocycles. The van der Waals surface area contributed by atoms with Gasteiger partial charge in [0.25, 0.3) is 0 Å². The third kappa shape index (κ3) is 2.91. The molecule has 0 fully saturated rings. The van der Waals surface area contributed by atoms with Gasteiger partial charge in [-0.3, -0.25) is 4.79 Å². The van der Waals surface area contributed by atoms with Crippen molar-refractivity contribution in [2.75, 3.05) is 0 Å². The third-order valence-electron chi connectivity index (χ3n) is 2.34. The lowest BCUT2D eigenvalue weighted by Crippen LogP contribution is -2.24. The highest BCUT2D eigenvalue weighted by atomic mass is 16.5. The fraction of sp³-hybridized carbons (Fsp3) is 0. The summed E-state index contributed by atoms with van der Waals surface area (Å²) in [4.78, 5) is 11.7. The van der Waals surface area contributed by atoms with Crippen LogP contribution in [0.3, 0.4) is 0 Å². The van der Waals surface area contributed by atoms with Gasteiger partial charge >= 0.3 is 0 Å². The SMILES string of the molecule is O=C(/C=C\c1cc[n+]([O-])cc1)c1cc[n+]([O-])cc1. The van der Waals surface area contributed by atoms with Crippen LogP contribution in [0.4, 0.5) is 0 Å². The summed E-state index contributed by atoms with van der Waals surface area (Å²) in [5, 5.41) is 21.6. The van der Waals surface area contributed by atoms with Crippen molar-refractivity contribution in [1.29, 1.82) is 0 Å². The van der Waals surface area contributed by atoms with Crippen LogP contribution < -0.4 is 9.46 Å². The summed E-state index contributed by atoms with van der Waals surface area (Å²) in [6, 6.07) is 6.12. The molecule has 0 saturated heterocycles. The van der Waals surface area contributed by atoms with Gasteiger partial charge in [-0.1, -0.05) is 6.08 Å². The van der Waals surface area contributed by atoms with E-state index in [1.807, 2.05) is 0 Å². The van der Waals surface area contributed by atoms with Gasteiger partial charge in [0, 0.05) is 29.8 Å². The molecule has 0 bridgehead atoms. The molecule has 0 amide bonds. The Kier molecular flexibility index (Phi) is 3.33. The van der Waals surface area contributed by atoms with Gasteiger partial charge in [-0.25, -0.2) is 0 Å². The van der Waals surface area contributed by atoms with Crippen molar-refractivity contribution in [2.45, 2.75) is 0 Å². The molecule has 2 aromatic heterocycles. The summed E-state index contributed by atoms with van der Waals surface area (Å²) < 4.78 is 1.29. The number of allylic oxidation sites excluding steroid dienone is 1. The first-order valence-corrected chi connectivity index (χ1v) is 5.25. The highest BCUT2D eigenvalue weighted by Crippen LogP contribution is 2.03. The van der Waals surface area contributed by atoms with Crippen LogP contribution in [0.5, 0.6) is 0 Å². The van der Waals surface area contributed by atoms with E-state index in [-0.39, 0.29) is 5.78 Å². The summed E-state index contributed by atoms with van der Waals surface area (Å²) in [6.07, 6.45) is 8.25. The average molecular weight is 242 g/mol. The van der Waals surface area contributed by atoms with E-state index in [4.69, 9.17) is 0 Å². The fourth-order valence-electron chi connectivity index (χ4n) is 1.38. The Hall–Kier alpha value is -2.69. The number of hydrogen-bond acceptors (Lipinski definition) is 3. The summed E-state index contributed by atoms with van der Waals surface area (Å²) in [7, 11) is 0. The van der Waals surface area contributed by atoms with E-state index in [9.17, 15) is 15.2 Å². The molecule has 2 rings (SSSR count). The lowest BCUT2D eigenvalue weighted by molar-refractivity contribution is -0.605. The van der Waals surface area contributed by atoms with Crippen molar-refractivity contribution in [3.8, 4) is 0 Å². The Bertz CT molecular complexity index is 574. The van der Waals surface area contributed by atoms with Crippen LogP contribution in [-0.2, 0) is 0 Å². The quantitative estimate of drug-likeness (QED) is 0.346. The second-order valence-corrected chi connectivity index (χ2v) is 3.64. The van der Waals surface area contributed by atoms with Gasteiger partial charge in [-0.2, -0.15) is 9.46 Å². The molecular weight excluding hydrogens is 232 g/mol. The predicted molar refractivity (Wildman–Crippen MR) is 64.2 cm³/mol. The summed E-state index contributed by atoms with van der Waals surface area (Å²) >= 11 is 0. The number of pyridine rings is 2. The number of carbonyl (C=O) groups excluding carboxylic acids is 1. The molecule has 0 aliphatic heterocycles. The Morgan fingerprint density at radius 2 is 1.44 bits per heavy atom. The molecule has 0 aliphatic rings. The largest absolute Gasteiger partial charge is 0.619 e. The topological polar surface area (TPSA) is 71.0 Å². The number of hydrogen-bond donors (Lipinski definition) is 0. The Morgan fingerprint density at radius 1 is 0.944 bits per heavy atom. The van der Waals surface area contributed by atoms with E-state index < -0.39 is 0 Å². The zero-order valence-electron chi connectivity index (χ0n) is 9.39. The zero-order valence-corrected chi connectivity index (χ0v) is 9.39. The molecule has 0 aromatic carbocycles. The molecule has 0 atom stereocenters. The third-order valence-corrected chi connectivity index (χ3v) is 2.34. The molecule has 0 saturated carbocycles. The molecule has 0 N–H and O–H groups in total. The van der Waals surface area contributed by atoms with Crippen molar-refractivity contribution in [3.63, 3.8) is 0 Å². The molecule has 0 spiro atoms. The highest BCUT2D eigenvalue weighted by Gasteiger charge is 2.02. The van der Waals surface area contributed by atoms with Crippen molar-refractivity contribution in [1.82, 2.24) is 0 Å². The first-order valence-electron chi connectivity index (χ1n) is 5.25. The molecule has 0 radical (unpaired) electrons. The minimum Gasteiger partial charge on any atom is -0.619 e. The van der Waals surface area contributed by atoms with E-state index in [2.05, 4.69) is 0 Å². The number of ketones is 1. The van der Waals surface area contributed by atoms with Crippen molar-refractivity contribution < 1.29 is 14.3 Å². The van der Waals surface area contributed by atoms with Crippen LogP contribution in [0.2, 0.25) is 0 Å². The lowest BCUT2D eigenvalue weighted by atomic mass is 10.1. The van der Waals surface area contributed by atoms with Crippen molar-refractivity contribution >= 4 is 11.9 Å².